The molecule has 20 heavy (non-hydrogen) atoms. The molecule has 0 bridgehead atoms. The lowest BCUT2D eigenvalue weighted by molar-refractivity contribution is -0.166. The van der Waals surface area contributed by atoms with Crippen LogP contribution >= 0.6 is 0 Å². The highest BCUT2D eigenvalue weighted by Crippen LogP contribution is 2.40. The first kappa shape index (κ1) is 16.8. The number of hydroxylamine groups is 1. The van der Waals surface area contributed by atoms with Gasteiger partial charge in [-0.2, -0.15) is 0 Å². The summed E-state index contributed by atoms with van der Waals surface area (Å²) in [7, 11) is 0. The van der Waals surface area contributed by atoms with E-state index in [2.05, 4.69) is 0 Å². The number of hydrogen-bond acceptors (Lipinski definition) is 5. The van der Waals surface area contributed by atoms with Crippen LogP contribution in [0.2, 0.25) is 0 Å². The zero-order valence-electron chi connectivity index (χ0n) is 12.7. The molecule has 2 N–H and O–H groups in total. The van der Waals surface area contributed by atoms with Crippen LogP contribution in [0.15, 0.2) is 0 Å². The molecule has 1 amide bonds. The molecule has 1 aliphatic carbocycles. The van der Waals surface area contributed by atoms with E-state index < -0.39 is 23.1 Å². The molecule has 0 aromatic rings. The zero-order valence-corrected chi connectivity index (χ0v) is 12.7. The zero-order chi connectivity index (χ0) is 15.4. The summed E-state index contributed by atoms with van der Waals surface area (Å²) in [5.74, 6) is -0.460. The summed E-state index contributed by atoms with van der Waals surface area (Å²) in [4.78, 5) is 28.5. The van der Waals surface area contributed by atoms with Crippen LogP contribution in [0.3, 0.4) is 0 Å². The number of ether oxygens (including phenoxy) is 1. The summed E-state index contributed by atoms with van der Waals surface area (Å²) in [6, 6.07) is 0. The summed E-state index contributed by atoms with van der Waals surface area (Å²) in [5.41, 5.74) is 0.772. The molecule has 0 heterocycles. The van der Waals surface area contributed by atoms with Gasteiger partial charge >= 0.3 is 12.1 Å². The van der Waals surface area contributed by atoms with Crippen LogP contribution < -0.4 is 5.48 Å². The van der Waals surface area contributed by atoms with E-state index in [1.54, 1.807) is 20.8 Å². The minimum absolute atomic E-state index is 0.346. The molecular formula is C14H25NO5. The molecule has 0 radical (unpaired) electrons. The Labute approximate surface area is 119 Å². The van der Waals surface area contributed by atoms with Crippen molar-refractivity contribution in [1.29, 1.82) is 0 Å². The van der Waals surface area contributed by atoms with Gasteiger partial charge < -0.3 is 14.7 Å². The van der Waals surface area contributed by atoms with Gasteiger partial charge in [0, 0.05) is 0 Å². The van der Waals surface area contributed by atoms with E-state index in [4.69, 9.17) is 9.57 Å². The molecule has 1 saturated carbocycles. The Hall–Kier alpha value is -1.30. The molecule has 1 rings (SSSR count). The molecule has 6 nitrogen and oxygen atoms in total. The van der Waals surface area contributed by atoms with Crippen LogP contribution in [-0.4, -0.2) is 28.9 Å². The van der Waals surface area contributed by atoms with Crippen molar-refractivity contribution in [3.63, 3.8) is 0 Å². The predicted molar refractivity (Wildman–Crippen MR) is 72.7 cm³/mol. The molecule has 0 saturated heterocycles. The average molecular weight is 287 g/mol. The molecule has 0 spiro atoms. The van der Waals surface area contributed by atoms with Crippen molar-refractivity contribution in [1.82, 2.24) is 5.48 Å². The number of carbonyl (C=O) groups is 2. The highest BCUT2D eigenvalue weighted by Gasteiger charge is 2.42. The highest BCUT2D eigenvalue weighted by atomic mass is 16.7. The maximum atomic E-state index is 12.2. The number of carbonyl (C=O) groups excluding carboxylic acids is 2. The monoisotopic (exact) mass is 287 g/mol. The fraction of sp³-hybridized carbons (Fsp3) is 0.857. The number of aliphatic hydroxyl groups excluding tert-OH is 1. The molecule has 1 fully saturated rings. The smallest absolute Gasteiger partial charge is 0.441 e. The van der Waals surface area contributed by atoms with E-state index in [-0.39, 0.29) is 6.10 Å². The van der Waals surface area contributed by atoms with Gasteiger partial charge in [0.25, 0.3) is 0 Å². The number of rotatable bonds is 2. The average Bonchev–Trinajstić information content (AvgIpc) is 2.35. The van der Waals surface area contributed by atoms with Crippen molar-refractivity contribution >= 4 is 12.1 Å². The van der Waals surface area contributed by atoms with Gasteiger partial charge in [-0.25, -0.2) is 9.59 Å². The Bertz CT molecular complexity index is 353. The van der Waals surface area contributed by atoms with Crippen molar-refractivity contribution in [3.05, 3.63) is 0 Å². The van der Waals surface area contributed by atoms with Crippen LogP contribution in [0.5, 0.6) is 0 Å². The lowest BCUT2D eigenvalue weighted by Gasteiger charge is -2.35. The second-order valence-corrected chi connectivity index (χ2v) is 6.36. The maximum Gasteiger partial charge on any atom is 0.441 e. The van der Waals surface area contributed by atoms with Crippen LogP contribution in [0.1, 0.15) is 59.8 Å². The van der Waals surface area contributed by atoms with Gasteiger partial charge in [-0.3, -0.25) is 0 Å². The first-order chi connectivity index (χ1) is 9.18. The summed E-state index contributed by atoms with van der Waals surface area (Å²) < 4.78 is 4.99. The first-order valence-electron chi connectivity index (χ1n) is 7.07. The van der Waals surface area contributed by atoms with Crippen LogP contribution in [0.25, 0.3) is 0 Å². The van der Waals surface area contributed by atoms with Gasteiger partial charge in [0.15, 0.2) is 0 Å². The second-order valence-electron chi connectivity index (χ2n) is 6.36. The van der Waals surface area contributed by atoms with Crippen molar-refractivity contribution in [2.24, 2.45) is 5.41 Å². The fourth-order valence-electron chi connectivity index (χ4n) is 2.35. The summed E-state index contributed by atoms with van der Waals surface area (Å²) in [6.07, 6.45) is 1.78. The molecule has 0 aromatic carbocycles. The number of amides is 1. The van der Waals surface area contributed by atoms with Crippen molar-refractivity contribution in [2.75, 3.05) is 0 Å². The van der Waals surface area contributed by atoms with Crippen molar-refractivity contribution in [3.8, 4) is 0 Å². The van der Waals surface area contributed by atoms with Crippen LogP contribution in [-0.2, 0) is 14.4 Å². The maximum absolute atomic E-state index is 12.2. The number of aliphatic hydroxyl groups is 1. The summed E-state index contributed by atoms with van der Waals surface area (Å²) in [6.45, 7) is 7.09. The third kappa shape index (κ3) is 4.67. The van der Waals surface area contributed by atoms with Crippen LogP contribution in [0.4, 0.5) is 4.79 Å². The predicted octanol–water partition coefficient (Wildman–Crippen LogP) is 2.30. The number of nitrogens with one attached hydrogen (secondary N) is 1. The minimum atomic E-state index is -0.784. The summed E-state index contributed by atoms with van der Waals surface area (Å²) >= 11 is 0. The van der Waals surface area contributed by atoms with E-state index in [1.807, 2.05) is 12.4 Å². The Morgan fingerprint density at radius 2 is 1.85 bits per heavy atom. The van der Waals surface area contributed by atoms with Gasteiger partial charge in [-0.15, -0.1) is 5.48 Å². The molecule has 0 aromatic heterocycles. The van der Waals surface area contributed by atoms with E-state index >= 15 is 0 Å². The molecule has 116 valence electrons. The van der Waals surface area contributed by atoms with Crippen LogP contribution in [0, 0.1) is 5.41 Å². The first-order valence-corrected chi connectivity index (χ1v) is 7.07. The Balaban J connectivity index is 2.50. The van der Waals surface area contributed by atoms with Gasteiger partial charge in [-0.05, 0) is 52.9 Å². The molecule has 0 aliphatic heterocycles. The molecule has 1 aliphatic rings. The Morgan fingerprint density at radius 1 is 1.30 bits per heavy atom. The SMILES string of the molecule is CCC1(C(=O)ONC(=O)OC(C)(C)C)CCC(O)CC1. The van der Waals surface area contributed by atoms with Crippen molar-refractivity contribution < 1.29 is 24.3 Å². The standard InChI is InChI=1S/C14H25NO5/c1-5-14(8-6-10(16)7-9-14)11(17)20-15-12(18)19-13(2,3)4/h10,16H,5-9H2,1-4H3,(H,15,18). The summed E-state index contributed by atoms with van der Waals surface area (Å²) in [5, 5.41) is 9.52. The topological polar surface area (TPSA) is 84.9 Å². The quantitative estimate of drug-likeness (QED) is 0.761. The molecular weight excluding hydrogens is 262 g/mol. The molecule has 0 atom stereocenters. The van der Waals surface area contributed by atoms with Gasteiger partial charge in [0.2, 0.25) is 0 Å². The van der Waals surface area contributed by atoms with E-state index in [0.29, 0.717) is 32.1 Å². The van der Waals surface area contributed by atoms with Gasteiger partial charge in [0.05, 0.1) is 11.5 Å². The number of hydrogen-bond donors (Lipinski definition) is 2. The Morgan fingerprint density at radius 3 is 2.30 bits per heavy atom. The van der Waals surface area contributed by atoms with E-state index in [1.165, 1.54) is 0 Å². The third-order valence-corrected chi connectivity index (χ3v) is 3.65. The molecule has 0 unspecified atom stereocenters. The molecule has 6 heteroatoms. The minimum Gasteiger partial charge on any atom is -0.442 e. The lowest BCUT2D eigenvalue weighted by atomic mass is 9.71. The van der Waals surface area contributed by atoms with E-state index in [9.17, 15) is 14.7 Å². The van der Waals surface area contributed by atoms with Gasteiger partial charge in [0.1, 0.15) is 5.60 Å². The van der Waals surface area contributed by atoms with Gasteiger partial charge in [-0.1, -0.05) is 6.92 Å². The van der Waals surface area contributed by atoms with E-state index in [0.717, 1.165) is 0 Å². The highest BCUT2D eigenvalue weighted by molar-refractivity contribution is 5.78. The normalized spacial score (nSPS) is 26.8. The largest absolute Gasteiger partial charge is 0.442 e. The second kappa shape index (κ2) is 6.43. The third-order valence-electron chi connectivity index (χ3n) is 3.65. The Kier molecular flexibility index (Phi) is 5.39. The fourth-order valence-corrected chi connectivity index (χ4v) is 2.35. The van der Waals surface area contributed by atoms with Crippen molar-refractivity contribution in [2.45, 2.75) is 71.5 Å². The lowest BCUT2D eigenvalue weighted by Crippen LogP contribution is -2.42.